The van der Waals surface area contributed by atoms with E-state index in [9.17, 15) is 0 Å². The summed E-state index contributed by atoms with van der Waals surface area (Å²) >= 11 is 0. The number of hydrogen-bond donors (Lipinski definition) is 0. The molecule has 158 valence electrons. The number of hydrogen-bond acceptors (Lipinski definition) is 3. The molecule has 1 aliphatic heterocycles. The maximum atomic E-state index is 8.93. The predicted molar refractivity (Wildman–Crippen MR) is 119 cm³/mol. The lowest BCUT2D eigenvalue weighted by Crippen LogP contribution is -2.25. The summed E-state index contributed by atoms with van der Waals surface area (Å²) in [5, 5.41) is 8.93. The first kappa shape index (κ1) is 21.1. The minimum Gasteiger partial charge on any atom is -0.348 e. The highest BCUT2D eigenvalue weighted by Crippen LogP contribution is 2.38. The molecular weight excluding hydrogens is 370 g/mol. The van der Waals surface area contributed by atoms with Crippen molar-refractivity contribution in [1.82, 2.24) is 0 Å². The predicted octanol–water partition coefficient (Wildman–Crippen LogP) is 6.85. The van der Waals surface area contributed by atoms with Gasteiger partial charge in [-0.25, -0.2) is 0 Å². The SMILES string of the molecule is CCCCC1CCC(c2ccc(C3COC(c4ccc(C#N)cc4)OC3)cc2)CC1. The average Bonchev–Trinajstić information content (AvgIpc) is 2.83. The van der Waals surface area contributed by atoms with E-state index in [-0.39, 0.29) is 12.2 Å². The van der Waals surface area contributed by atoms with Crippen LogP contribution in [0.2, 0.25) is 0 Å². The van der Waals surface area contributed by atoms with E-state index in [1.54, 1.807) is 0 Å². The van der Waals surface area contributed by atoms with E-state index in [2.05, 4.69) is 37.3 Å². The van der Waals surface area contributed by atoms with Crippen molar-refractivity contribution >= 4 is 0 Å². The van der Waals surface area contributed by atoms with Gasteiger partial charge in [0.25, 0.3) is 0 Å². The topological polar surface area (TPSA) is 42.2 Å². The van der Waals surface area contributed by atoms with E-state index in [4.69, 9.17) is 14.7 Å². The Hall–Kier alpha value is -2.15. The first-order chi connectivity index (χ1) is 14.8. The molecule has 1 saturated heterocycles. The molecule has 2 aliphatic rings. The standard InChI is InChI=1S/C27H33NO2/c1-2-3-4-20-5-9-22(10-6-20)23-13-15-24(16-14-23)26-18-29-27(30-19-26)25-11-7-21(17-28)8-12-25/h7-8,11-16,20,22,26-27H,2-6,9-10,18-19H2,1H3. The van der Waals surface area contributed by atoms with Crippen molar-refractivity contribution in [1.29, 1.82) is 5.26 Å². The molecule has 0 amide bonds. The van der Waals surface area contributed by atoms with Crippen LogP contribution in [0.25, 0.3) is 0 Å². The minimum atomic E-state index is -0.337. The Morgan fingerprint density at radius 2 is 1.37 bits per heavy atom. The molecule has 1 aliphatic carbocycles. The van der Waals surface area contributed by atoms with E-state index in [0.717, 1.165) is 17.4 Å². The molecule has 0 radical (unpaired) electrons. The molecule has 0 bridgehead atoms. The summed E-state index contributed by atoms with van der Waals surface area (Å²) < 4.78 is 12.0. The van der Waals surface area contributed by atoms with Crippen LogP contribution < -0.4 is 0 Å². The highest BCUT2D eigenvalue weighted by molar-refractivity contribution is 5.32. The van der Waals surface area contributed by atoms with Crippen LogP contribution >= 0.6 is 0 Å². The number of rotatable bonds is 6. The van der Waals surface area contributed by atoms with Crippen molar-refractivity contribution in [2.24, 2.45) is 5.92 Å². The molecule has 4 rings (SSSR count). The molecule has 0 unspecified atom stereocenters. The molecule has 0 N–H and O–H groups in total. The van der Waals surface area contributed by atoms with Gasteiger partial charge in [0.1, 0.15) is 0 Å². The van der Waals surface area contributed by atoms with Gasteiger partial charge in [0, 0.05) is 11.5 Å². The van der Waals surface area contributed by atoms with Crippen LogP contribution in [-0.4, -0.2) is 13.2 Å². The molecule has 2 aromatic carbocycles. The van der Waals surface area contributed by atoms with E-state index in [0.29, 0.717) is 18.8 Å². The largest absolute Gasteiger partial charge is 0.348 e. The maximum absolute atomic E-state index is 8.93. The highest BCUT2D eigenvalue weighted by Gasteiger charge is 2.26. The van der Waals surface area contributed by atoms with Gasteiger partial charge in [0.2, 0.25) is 0 Å². The normalized spacial score (nSPS) is 26.8. The number of nitrogens with zero attached hydrogens (tertiary/aromatic N) is 1. The van der Waals surface area contributed by atoms with E-state index in [1.165, 1.54) is 56.1 Å². The van der Waals surface area contributed by atoms with Crippen molar-refractivity contribution in [3.63, 3.8) is 0 Å². The lowest BCUT2D eigenvalue weighted by molar-refractivity contribution is -0.191. The molecular formula is C27H33NO2. The molecule has 0 atom stereocenters. The summed E-state index contributed by atoms with van der Waals surface area (Å²) in [7, 11) is 0. The van der Waals surface area contributed by atoms with Crippen molar-refractivity contribution in [3.8, 4) is 6.07 Å². The van der Waals surface area contributed by atoms with Crippen LogP contribution in [0, 0.1) is 17.2 Å². The maximum Gasteiger partial charge on any atom is 0.183 e. The number of benzene rings is 2. The molecule has 30 heavy (non-hydrogen) atoms. The third-order valence-electron chi connectivity index (χ3n) is 6.90. The van der Waals surface area contributed by atoms with E-state index < -0.39 is 0 Å². The Balaban J connectivity index is 1.28. The van der Waals surface area contributed by atoms with Gasteiger partial charge in [-0.05, 0) is 60.8 Å². The van der Waals surface area contributed by atoms with E-state index >= 15 is 0 Å². The van der Waals surface area contributed by atoms with Crippen molar-refractivity contribution in [3.05, 3.63) is 70.8 Å². The fourth-order valence-electron chi connectivity index (χ4n) is 4.92. The first-order valence-electron chi connectivity index (χ1n) is 11.6. The molecule has 3 heteroatoms. The third-order valence-corrected chi connectivity index (χ3v) is 6.90. The molecule has 2 aromatic rings. The Labute approximate surface area is 181 Å². The van der Waals surface area contributed by atoms with Crippen LogP contribution in [0.3, 0.4) is 0 Å². The molecule has 0 aromatic heterocycles. The van der Waals surface area contributed by atoms with Gasteiger partial charge in [-0.2, -0.15) is 5.26 Å². The number of ether oxygens (including phenoxy) is 2. The summed E-state index contributed by atoms with van der Waals surface area (Å²) in [5.74, 6) is 1.97. The summed E-state index contributed by atoms with van der Waals surface area (Å²) in [6.45, 7) is 3.61. The average molecular weight is 404 g/mol. The van der Waals surface area contributed by atoms with Crippen LogP contribution in [0.4, 0.5) is 0 Å². The summed E-state index contributed by atoms with van der Waals surface area (Å²) in [4.78, 5) is 0. The summed E-state index contributed by atoms with van der Waals surface area (Å²) in [6.07, 6.45) is 9.28. The molecule has 1 heterocycles. The fourth-order valence-corrected chi connectivity index (χ4v) is 4.92. The first-order valence-corrected chi connectivity index (χ1v) is 11.6. The van der Waals surface area contributed by atoms with Crippen molar-refractivity contribution in [2.75, 3.05) is 13.2 Å². The Morgan fingerprint density at radius 1 is 0.800 bits per heavy atom. The van der Waals surface area contributed by atoms with Gasteiger partial charge in [-0.1, -0.05) is 62.6 Å². The second kappa shape index (κ2) is 10.2. The van der Waals surface area contributed by atoms with Crippen LogP contribution in [0.15, 0.2) is 48.5 Å². The Kier molecular flexibility index (Phi) is 7.20. The molecule has 3 nitrogen and oxygen atoms in total. The lowest BCUT2D eigenvalue weighted by Gasteiger charge is -2.31. The van der Waals surface area contributed by atoms with Crippen LogP contribution in [0.5, 0.6) is 0 Å². The quantitative estimate of drug-likeness (QED) is 0.529. The lowest BCUT2D eigenvalue weighted by atomic mass is 9.77. The Morgan fingerprint density at radius 3 is 1.93 bits per heavy atom. The highest BCUT2D eigenvalue weighted by atomic mass is 16.7. The summed E-state index contributed by atoms with van der Waals surface area (Å²) in [6, 6.07) is 18.8. The number of unbranched alkanes of at least 4 members (excludes halogenated alkanes) is 1. The smallest absolute Gasteiger partial charge is 0.183 e. The van der Waals surface area contributed by atoms with Gasteiger partial charge in [0.05, 0.1) is 24.8 Å². The van der Waals surface area contributed by atoms with Crippen LogP contribution in [0.1, 0.15) is 92.2 Å². The zero-order valence-electron chi connectivity index (χ0n) is 18.1. The third kappa shape index (κ3) is 5.12. The van der Waals surface area contributed by atoms with Gasteiger partial charge >= 0.3 is 0 Å². The second-order valence-electron chi connectivity index (χ2n) is 8.96. The second-order valence-corrected chi connectivity index (χ2v) is 8.96. The number of nitriles is 1. The van der Waals surface area contributed by atoms with Crippen LogP contribution in [-0.2, 0) is 9.47 Å². The van der Waals surface area contributed by atoms with Gasteiger partial charge < -0.3 is 9.47 Å². The fraction of sp³-hybridized carbons (Fsp3) is 0.519. The van der Waals surface area contributed by atoms with Gasteiger partial charge in [0.15, 0.2) is 6.29 Å². The Bertz CT molecular complexity index is 821. The van der Waals surface area contributed by atoms with Gasteiger partial charge in [-0.15, -0.1) is 0 Å². The molecule has 2 fully saturated rings. The van der Waals surface area contributed by atoms with Crippen molar-refractivity contribution in [2.45, 2.75) is 70.0 Å². The minimum absolute atomic E-state index is 0.276. The summed E-state index contributed by atoms with van der Waals surface area (Å²) in [5.41, 5.74) is 4.42. The molecule has 0 spiro atoms. The monoisotopic (exact) mass is 403 g/mol. The zero-order chi connectivity index (χ0) is 20.8. The van der Waals surface area contributed by atoms with Gasteiger partial charge in [-0.3, -0.25) is 0 Å². The van der Waals surface area contributed by atoms with E-state index in [1.807, 2.05) is 24.3 Å². The van der Waals surface area contributed by atoms with Crippen molar-refractivity contribution < 1.29 is 9.47 Å². The molecule has 1 saturated carbocycles. The zero-order valence-corrected chi connectivity index (χ0v) is 18.1.